The van der Waals surface area contributed by atoms with Crippen LogP contribution in [0.3, 0.4) is 0 Å². The molecule has 7 heteroatoms. The topological polar surface area (TPSA) is 55.4 Å². The molecule has 0 heterocycles. The van der Waals surface area contributed by atoms with Crippen molar-refractivity contribution in [1.82, 2.24) is 0 Å². The Kier molecular flexibility index (Phi) is 7.26. The first-order valence-corrected chi connectivity index (χ1v) is 11.0. The highest BCUT2D eigenvalue weighted by Crippen LogP contribution is 2.55. The van der Waals surface area contributed by atoms with Crippen LogP contribution in [0.25, 0.3) is 6.08 Å². The fourth-order valence-corrected chi connectivity index (χ4v) is 5.20. The molecule has 0 amide bonds. The van der Waals surface area contributed by atoms with Crippen LogP contribution in [0.15, 0.2) is 23.8 Å². The number of benzene rings is 2. The van der Waals surface area contributed by atoms with E-state index in [0.717, 1.165) is 27.8 Å². The molecule has 0 N–H and O–H groups in total. The van der Waals surface area contributed by atoms with E-state index in [1.54, 1.807) is 42.7 Å². The van der Waals surface area contributed by atoms with Gasteiger partial charge in [-0.1, -0.05) is 27.6 Å². The number of ether oxygens (including phenoxy) is 6. The lowest BCUT2D eigenvalue weighted by atomic mass is 9.71. The highest BCUT2D eigenvalue weighted by Gasteiger charge is 2.38. The fourth-order valence-electron chi connectivity index (χ4n) is 4.32. The molecule has 0 spiro atoms. The molecule has 6 nitrogen and oxygen atoms in total. The number of rotatable bonds is 8. The van der Waals surface area contributed by atoms with Crippen LogP contribution in [-0.2, 0) is 0 Å². The summed E-state index contributed by atoms with van der Waals surface area (Å²) in [6.07, 6.45) is 2.16. The van der Waals surface area contributed by atoms with Gasteiger partial charge in [0, 0.05) is 46.0 Å². The molecule has 31 heavy (non-hydrogen) atoms. The average Bonchev–Trinajstić information content (AvgIpc) is 2.81. The second-order valence-corrected chi connectivity index (χ2v) is 7.87. The van der Waals surface area contributed by atoms with Crippen molar-refractivity contribution in [2.75, 3.05) is 48.0 Å². The number of fused-ring (bicyclic) bond motifs is 1. The zero-order valence-corrected chi connectivity index (χ0v) is 20.6. The minimum atomic E-state index is -0.104. The van der Waals surface area contributed by atoms with E-state index in [2.05, 4.69) is 28.9 Å². The lowest BCUT2D eigenvalue weighted by Gasteiger charge is -2.35. The molecule has 168 valence electrons. The van der Waals surface area contributed by atoms with Crippen molar-refractivity contribution in [2.24, 2.45) is 5.92 Å². The van der Waals surface area contributed by atoms with Crippen LogP contribution in [0.1, 0.15) is 29.5 Å². The summed E-state index contributed by atoms with van der Waals surface area (Å²) in [5, 5.41) is 0.750. The van der Waals surface area contributed by atoms with Crippen LogP contribution in [0, 0.1) is 5.92 Å². The van der Waals surface area contributed by atoms with E-state index in [0.29, 0.717) is 28.7 Å². The van der Waals surface area contributed by atoms with Gasteiger partial charge in [-0.3, -0.25) is 0 Å². The highest BCUT2D eigenvalue weighted by atomic mass is 79.9. The first-order chi connectivity index (χ1) is 15.0. The zero-order chi connectivity index (χ0) is 22.7. The Morgan fingerprint density at radius 2 is 1.26 bits per heavy atom. The van der Waals surface area contributed by atoms with E-state index >= 15 is 0 Å². The molecule has 0 aliphatic heterocycles. The molecule has 3 rings (SSSR count). The largest absolute Gasteiger partial charge is 0.496 e. The SMILES string of the molecule is COc1cc(OC)c([C@@H]2c3c(c(OC)cc(OC)c3OC)C=C(C)[C@H]2CBr)cc1OC. The van der Waals surface area contributed by atoms with E-state index < -0.39 is 0 Å². The van der Waals surface area contributed by atoms with Crippen molar-refractivity contribution in [3.63, 3.8) is 0 Å². The standard InChI is InChI=1S/C24H29BrO6/c1-13-8-14-18(27-3)11-21(30-6)24(31-7)23(14)22(16(13)12-25)15-9-19(28-4)20(29-5)10-17(15)26-2/h8-11,16,22H,12H2,1-7H3/t16-,22+/m1/s1. The fraction of sp³-hybridized carbons (Fsp3) is 0.417. The third-order valence-electron chi connectivity index (χ3n) is 5.84. The van der Waals surface area contributed by atoms with Gasteiger partial charge in [-0.05, 0) is 13.0 Å². The summed E-state index contributed by atoms with van der Waals surface area (Å²) in [7, 11) is 9.84. The number of alkyl halides is 1. The first kappa shape index (κ1) is 23.1. The van der Waals surface area contributed by atoms with Gasteiger partial charge in [0.25, 0.3) is 0 Å². The minimum absolute atomic E-state index is 0.104. The predicted molar refractivity (Wildman–Crippen MR) is 125 cm³/mol. The van der Waals surface area contributed by atoms with E-state index in [9.17, 15) is 0 Å². The third-order valence-corrected chi connectivity index (χ3v) is 6.54. The Morgan fingerprint density at radius 3 is 1.77 bits per heavy atom. The van der Waals surface area contributed by atoms with Crippen molar-refractivity contribution >= 4 is 22.0 Å². The maximum Gasteiger partial charge on any atom is 0.165 e. The lowest BCUT2D eigenvalue weighted by Crippen LogP contribution is -2.23. The molecule has 0 radical (unpaired) electrons. The Morgan fingerprint density at radius 1 is 0.710 bits per heavy atom. The van der Waals surface area contributed by atoms with E-state index in [4.69, 9.17) is 28.4 Å². The van der Waals surface area contributed by atoms with Crippen LogP contribution in [-0.4, -0.2) is 48.0 Å². The van der Waals surface area contributed by atoms with Gasteiger partial charge in [0.05, 0.1) is 42.7 Å². The summed E-state index contributed by atoms with van der Waals surface area (Å²) in [4.78, 5) is 0. The number of methoxy groups -OCH3 is 6. The van der Waals surface area contributed by atoms with Gasteiger partial charge >= 0.3 is 0 Å². The Hall–Kier alpha value is -2.54. The smallest absolute Gasteiger partial charge is 0.165 e. The van der Waals surface area contributed by atoms with Crippen molar-refractivity contribution in [2.45, 2.75) is 12.8 Å². The minimum Gasteiger partial charge on any atom is -0.496 e. The summed E-state index contributed by atoms with van der Waals surface area (Å²) in [5.41, 5.74) is 4.14. The van der Waals surface area contributed by atoms with E-state index in [1.165, 1.54) is 5.57 Å². The van der Waals surface area contributed by atoms with Crippen LogP contribution >= 0.6 is 15.9 Å². The molecule has 1 aliphatic rings. The average molecular weight is 493 g/mol. The second kappa shape index (κ2) is 9.73. The summed E-state index contributed by atoms with van der Waals surface area (Å²) >= 11 is 3.73. The Balaban J connectivity index is 2.42. The molecule has 0 aromatic heterocycles. The van der Waals surface area contributed by atoms with Gasteiger partial charge in [0.1, 0.15) is 11.5 Å². The first-order valence-electron chi connectivity index (χ1n) is 9.86. The third kappa shape index (κ3) is 3.91. The van der Waals surface area contributed by atoms with Crippen LogP contribution < -0.4 is 28.4 Å². The highest BCUT2D eigenvalue weighted by molar-refractivity contribution is 9.09. The van der Waals surface area contributed by atoms with Crippen molar-refractivity contribution in [1.29, 1.82) is 0 Å². The van der Waals surface area contributed by atoms with E-state index in [-0.39, 0.29) is 11.8 Å². The monoisotopic (exact) mass is 492 g/mol. The molecule has 2 atom stereocenters. The van der Waals surface area contributed by atoms with Crippen molar-refractivity contribution in [3.8, 4) is 34.5 Å². The van der Waals surface area contributed by atoms with E-state index in [1.807, 2.05) is 18.2 Å². The number of hydrogen-bond donors (Lipinski definition) is 0. The molecule has 0 unspecified atom stereocenters. The predicted octanol–water partition coefficient (Wildman–Crippen LogP) is 5.30. The van der Waals surface area contributed by atoms with Gasteiger partial charge < -0.3 is 28.4 Å². The van der Waals surface area contributed by atoms with Gasteiger partial charge in [-0.2, -0.15) is 0 Å². The molecule has 1 aliphatic carbocycles. The molecular weight excluding hydrogens is 464 g/mol. The zero-order valence-electron chi connectivity index (χ0n) is 19.0. The molecule has 2 aromatic rings. The summed E-state index contributed by atoms with van der Waals surface area (Å²) < 4.78 is 34.1. The quantitative estimate of drug-likeness (QED) is 0.466. The van der Waals surface area contributed by atoms with Crippen molar-refractivity contribution in [3.05, 3.63) is 40.5 Å². The van der Waals surface area contributed by atoms with Gasteiger partial charge in [0.15, 0.2) is 23.0 Å². The van der Waals surface area contributed by atoms with Crippen LogP contribution in [0.5, 0.6) is 34.5 Å². The summed E-state index contributed by atoms with van der Waals surface area (Å²) in [6, 6.07) is 5.70. The lowest BCUT2D eigenvalue weighted by molar-refractivity contribution is 0.337. The molecule has 2 aromatic carbocycles. The summed E-state index contributed by atoms with van der Waals surface area (Å²) in [5.74, 6) is 4.01. The summed E-state index contributed by atoms with van der Waals surface area (Å²) in [6.45, 7) is 2.13. The number of allylic oxidation sites excluding steroid dienone is 1. The Bertz CT molecular complexity index is 985. The second-order valence-electron chi connectivity index (χ2n) is 7.22. The normalized spacial score (nSPS) is 17.4. The maximum atomic E-state index is 5.87. The van der Waals surface area contributed by atoms with Gasteiger partial charge in [0.2, 0.25) is 0 Å². The van der Waals surface area contributed by atoms with Crippen LogP contribution in [0.2, 0.25) is 0 Å². The van der Waals surface area contributed by atoms with Gasteiger partial charge in [-0.15, -0.1) is 0 Å². The van der Waals surface area contributed by atoms with Crippen LogP contribution in [0.4, 0.5) is 0 Å². The van der Waals surface area contributed by atoms with Crippen molar-refractivity contribution < 1.29 is 28.4 Å². The Labute approximate surface area is 192 Å². The van der Waals surface area contributed by atoms with Gasteiger partial charge in [-0.25, -0.2) is 0 Å². The molecule has 0 saturated carbocycles. The number of hydrogen-bond acceptors (Lipinski definition) is 6. The molecule has 0 bridgehead atoms. The molecule has 0 saturated heterocycles. The maximum absolute atomic E-state index is 5.87. The molecular formula is C24H29BrO6. The molecule has 0 fully saturated rings. The number of halogens is 1.